The number of halogens is 1. The van der Waals surface area contributed by atoms with Crippen LogP contribution in [0.3, 0.4) is 0 Å². The van der Waals surface area contributed by atoms with Crippen LogP contribution in [0.1, 0.15) is 18.4 Å². The van der Waals surface area contributed by atoms with Gasteiger partial charge in [0.25, 0.3) is 0 Å². The molecule has 4 nitrogen and oxygen atoms in total. The molecule has 0 bridgehead atoms. The molecule has 0 atom stereocenters. The lowest BCUT2D eigenvalue weighted by atomic mass is 10.1. The van der Waals surface area contributed by atoms with Crippen LogP contribution in [0.15, 0.2) is 18.2 Å². The smallest absolute Gasteiger partial charge is 0.303 e. The van der Waals surface area contributed by atoms with Crippen molar-refractivity contribution in [2.24, 2.45) is 0 Å². The quantitative estimate of drug-likeness (QED) is 0.696. The molecule has 0 aliphatic carbocycles. The van der Waals surface area contributed by atoms with E-state index in [-0.39, 0.29) is 12.2 Å². The molecule has 0 spiro atoms. The molecule has 2 N–H and O–H groups in total. The van der Waals surface area contributed by atoms with E-state index in [1.54, 1.807) is 13.2 Å². The summed E-state index contributed by atoms with van der Waals surface area (Å²) in [5.74, 6) is -0.399. The van der Waals surface area contributed by atoms with Gasteiger partial charge < -0.3 is 15.2 Å². The Morgan fingerprint density at radius 1 is 1.44 bits per heavy atom. The van der Waals surface area contributed by atoms with Gasteiger partial charge in [-0.2, -0.15) is 0 Å². The predicted octanol–water partition coefficient (Wildman–Crippen LogP) is 1.83. The highest BCUT2D eigenvalue weighted by atomic mass is 19.1. The molecule has 0 unspecified atom stereocenters. The Kier molecular flexibility index (Phi) is 6.14. The third kappa shape index (κ3) is 5.14. The fraction of sp³-hybridized carbons (Fsp3) is 0.462. The van der Waals surface area contributed by atoms with Crippen molar-refractivity contribution in [2.45, 2.75) is 19.3 Å². The number of nitrogens with one attached hydrogen (secondary N) is 1. The summed E-state index contributed by atoms with van der Waals surface area (Å²) in [5, 5.41) is 11.6. The predicted molar refractivity (Wildman–Crippen MR) is 66.4 cm³/mol. The maximum absolute atomic E-state index is 13.1. The number of benzene rings is 1. The van der Waals surface area contributed by atoms with Crippen LogP contribution >= 0.6 is 0 Å². The van der Waals surface area contributed by atoms with Crippen molar-refractivity contribution in [2.75, 3.05) is 20.2 Å². The van der Waals surface area contributed by atoms with Gasteiger partial charge in [-0.15, -0.1) is 0 Å². The van der Waals surface area contributed by atoms with Gasteiger partial charge in [0.15, 0.2) is 0 Å². The Morgan fingerprint density at radius 3 is 2.89 bits per heavy atom. The third-order valence-electron chi connectivity index (χ3n) is 2.56. The number of carboxylic acids is 1. The van der Waals surface area contributed by atoms with Gasteiger partial charge >= 0.3 is 5.97 Å². The molecule has 0 aliphatic rings. The van der Waals surface area contributed by atoms with Crippen molar-refractivity contribution in [1.29, 1.82) is 0 Å². The van der Waals surface area contributed by atoms with Crippen LogP contribution in [-0.2, 0) is 11.2 Å². The van der Waals surface area contributed by atoms with Gasteiger partial charge in [0, 0.05) is 6.42 Å². The largest absolute Gasteiger partial charge is 0.496 e. The number of ether oxygens (including phenoxy) is 1. The molecule has 100 valence electrons. The molecule has 0 fully saturated rings. The number of rotatable bonds is 8. The van der Waals surface area contributed by atoms with Crippen molar-refractivity contribution >= 4 is 5.97 Å². The number of carboxylic acid groups (broad SMARTS) is 1. The van der Waals surface area contributed by atoms with Crippen LogP contribution in [0, 0.1) is 5.82 Å². The molecule has 0 saturated carbocycles. The Bertz CT molecular complexity index is 396. The van der Waals surface area contributed by atoms with Crippen LogP contribution in [0.5, 0.6) is 5.75 Å². The van der Waals surface area contributed by atoms with Gasteiger partial charge in [-0.25, -0.2) is 4.39 Å². The fourth-order valence-electron chi connectivity index (χ4n) is 1.66. The second kappa shape index (κ2) is 7.66. The number of methoxy groups -OCH3 is 1. The second-order valence-electron chi connectivity index (χ2n) is 3.95. The zero-order chi connectivity index (χ0) is 13.4. The Hall–Kier alpha value is -1.62. The molecule has 0 aromatic heterocycles. The van der Waals surface area contributed by atoms with Crippen LogP contribution in [-0.4, -0.2) is 31.3 Å². The fourth-order valence-corrected chi connectivity index (χ4v) is 1.66. The molecule has 18 heavy (non-hydrogen) atoms. The SMILES string of the molecule is COc1ccc(F)cc1CCNCCCC(=O)O. The minimum atomic E-state index is -0.788. The van der Waals surface area contributed by atoms with E-state index in [2.05, 4.69) is 5.32 Å². The Labute approximate surface area is 106 Å². The lowest BCUT2D eigenvalue weighted by molar-refractivity contribution is -0.137. The lowest BCUT2D eigenvalue weighted by Crippen LogP contribution is -2.19. The van der Waals surface area contributed by atoms with Crippen LogP contribution < -0.4 is 10.1 Å². The van der Waals surface area contributed by atoms with Gasteiger partial charge in [0.2, 0.25) is 0 Å². The number of carbonyl (C=O) groups is 1. The van der Waals surface area contributed by atoms with Crippen molar-refractivity contribution < 1.29 is 19.0 Å². The van der Waals surface area contributed by atoms with E-state index in [1.165, 1.54) is 12.1 Å². The van der Waals surface area contributed by atoms with Gasteiger partial charge in [-0.1, -0.05) is 0 Å². The highest BCUT2D eigenvalue weighted by Crippen LogP contribution is 2.19. The van der Waals surface area contributed by atoms with Gasteiger partial charge in [-0.05, 0) is 49.7 Å². The summed E-state index contributed by atoms with van der Waals surface area (Å²) in [6, 6.07) is 4.43. The molecular formula is C13H18FNO3. The summed E-state index contributed by atoms with van der Waals surface area (Å²) in [5.41, 5.74) is 0.809. The molecule has 0 radical (unpaired) electrons. The lowest BCUT2D eigenvalue weighted by Gasteiger charge is -2.09. The Balaban J connectivity index is 2.30. The van der Waals surface area contributed by atoms with E-state index in [0.29, 0.717) is 31.7 Å². The number of hydrogen-bond donors (Lipinski definition) is 2. The summed E-state index contributed by atoms with van der Waals surface area (Å²) in [6.07, 6.45) is 1.40. The van der Waals surface area contributed by atoms with Crippen LogP contribution in [0.2, 0.25) is 0 Å². The van der Waals surface area contributed by atoms with E-state index in [0.717, 1.165) is 5.56 Å². The van der Waals surface area contributed by atoms with Crippen molar-refractivity contribution in [3.05, 3.63) is 29.6 Å². The second-order valence-corrected chi connectivity index (χ2v) is 3.95. The van der Waals surface area contributed by atoms with E-state index < -0.39 is 5.97 Å². The van der Waals surface area contributed by atoms with Crippen molar-refractivity contribution in [1.82, 2.24) is 5.32 Å². The Morgan fingerprint density at radius 2 is 2.22 bits per heavy atom. The standard InChI is InChI=1S/C13H18FNO3/c1-18-12-5-4-11(14)9-10(12)6-8-15-7-2-3-13(16)17/h4-5,9,15H,2-3,6-8H2,1H3,(H,16,17). The van der Waals surface area contributed by atoms with Gasteiger partial charge in [-0.3, -0.25) is 4.79 Å². The monoisotopic (exact) mass is 255 g/mol. The zero-order valence-corrected chi connectivity index (χ0v) is 10.4. The summed E-state index contributed by atoms with van der Waals surface area (Å²) in [6.45, 7) is 1.31. The van der Waals surface area contributed by atoms with E-state index in [1.807, 2.05) is 0 Å². The molecule has 0 saturated heterocycles. The summed E-state index contributed by atoms with van der Waals surface area (Å²) in [7, 11) is 1.55. The van der Waals surface area contributed by atoms with Gasteiger partial charge in [0.1, 0.15) is 11.6 Å². The third-order valence-corrected chi connectivity index (χ3v) is 2.56. The molecule has 5 heteroatoms. The van der Waals surface area contributed by atoms with Crippen LogP contribution in [0.4, 0.5) is 4.39 Å². The summed E-state index contributed by atoms with van der Waals surface area (Å²) >= 11 is 0. The van der Waals surface area contributed by atoms with Gasteiger partial charge in [0.05, 0.1) is 7.11 Å². The summed E-state index contributed by atoms with van der Waals surface area (Å²) < 4.78 is 18.2. The molecule has 1 aromatic carbocycles. The first kappa shape index (κ1) is 14.4. The summed E-state index contributed by atoms with van der Waals surface area (Å²) in [4.78, 5) is 10.3. The topological polar surface area (TPSA) is 58.6 Å². The zero-order valence-electron chi connectivity index (χ0n) is 10.4. The maximum Gasteiger partial charge on any atom is 0.303 e. The number of hydrogen-bond acceptors (Lipinski definition) is 3. The van der Waals surface area contributed by atoms with E-state index in [9.17, 15) is 9.18 Å². The molecule has 0 heterocycles. The minimum absolute atomic E-state index is 0.163. The number of aliphatic carboxylic acids is 1. The minimum Gasteiger partial charge on any atom is -0.496 e. The molecule has 1 rings (SSSR count). The molecule has 0 amide bonds. The highest BCUT2D eigenvalue weighted by Gasteiger charge is 2.04. The molecule has 0 aliphatic heterocycles. The first-order chi connectivity index (χ1) is 8.63. The normalized spacial score (nSPS) is 10.3. The molecule has 1 aromatic rings. The van der Waals surface area contributed by atoms with E-state index >= 15 is 0 Å². The first-order valence-corrected chi connectivity index (χ1v) is 5.88. The highest BCUT2D eigenvalue weighted by molar-refractivity contribution is 5.66. The average molecular weight is 255 g/mol. The maximum atomic E-state index is 13.1. The van der Waals surface area contributed by atoms with Crippen molar-refractivity contribution in [3.8, 4) is 5.75 Å². The first-order valence-electron chi connectivity index (χ1n) is 5.88. The molecular weight excluding hydrogens is 237 g/mol. The van der Waals surface area contributed by atoms with Crippen LogP contribution in [0.25, 0.3) is 0 Å². The van der Waals surface area contributed by atoms with E-state index in [4.69, 9.17) is 9.84 Å². The van der Waals surface area contributed by atoms with Crippen molar-refractivity contribution in [3.63, 3.8) is 0 Å². The average Bonchev–Trinajstić information content (AvgIpc) is 2.33.